The minimum Gasteiger partial charge on any atom is -0.293 e. The van der Waals surface area contributed by atoms with E-state index in [1.165, 1.54) is 12.1 Å². The molecular formula is C13H17NO3S2. The summed E-state index contributed by atoms with van der Waals surface area (Å²) in [5, 5.41) is 0. The summed E-state index contributed by atoms with van der Waals surface area (Å²) >= 11 is 1.56. The highest BCUT2D eigenvalue weighted by Crippen LogP contribution is 2.11. The van der Waals surface area contributed by atoms with Crippen LogP contribution in [0, 0.1) is 0 Å². The number of nitrogens with one attached hydrogen (secondary N) is 1. The van der Waals surface area contributed by atoms with Crippen LogP contribution in [-0.2, 0) is 14.8 Å². The second-order valence-electron chi connectivity index (χ2n) is 3.87. The largest absolute Gasteiger partial charge is 0.293 e. The molecule has 0 saturated heterocycles. The molecule has 104 valence electrons. The van der Waals surface area contributed by atoms with Crippen LogP contribution < -0.4 is 4.72 Å². The van der Waals surface area contributed by atoms with E-state index in [-0.39, 0.29) is 10.7 Å². The minimum absolute atomic E-state index is 0.154. The Morgan fingerprint density at radius 1 is 1.42 bits per heavy atom. The van der Waals surface area contributed by atoms with Crippen LogP contribution in [-0.4, -0.2) is 32.3 Å². The lowest BCUT2D eigenvalue weighted by Crippen LogP contribution is -2.40. The summed E-state index contributed by atoms with van der Waals surface area (Å²) < 4.78 is 26.7. The molecule has 0 fully saturated rings. The molecule has 6 heteroatoms. The molecule has 4 nitrogen and oxygen atoms in total. The molecule has 0 aliphatic rings. The quantitative estimate of drug-likeness (QED) is 0.744. The van der Waals surface area contributed by atoms with Crippen molar-refractivity contribution in [3.63, 3.8) is 0 Å². The van der Waals surface area contributed by atoms with Crippen LogP contribution in [0.2, 0.25) is 0 Å². The molecule has 1 rings (SSSR count). The molecule has 0 amide bonds. The summed E-state index contributed by atoms with van der Waals surface area (Å²) in [4.78, 5) is 11.8. The third-order valence-corrected chi connectivity index (χ3v) is 4.64. The van der Waals surface area contributed by atoms with E-state index < -0.39 is 16.1 Å². The maximum absolute atomic E-state index is 12.1. The lowest BCUT2D eigenvalue weighted by molar-refractivity contribution is -0.116. The van der Waals surface area contributed by atoms with Crippen molar-refractivity contribution in [1.29, 1.82) is 0 Å². The number of thioether (sulfide) groups is 1. The van der Waals surface area contributed by atoms with E-state index in [2.05, 4.69) is 11.3 Å². The maximum Gasteiger partial charge on any atom is 0.241 e. The van der Waals surface area contributed by atoms with E-state index in [1.807, 2.05) is 6.26 Å². The highest BCUT2D eigenvalue weighted by atomic mass is 32.2. The van der Waals surface area contributed by atoms with Gasteiger partial charge in [-0.25, -0.2) is 13.1 Å². The highest BCUT2D eigenvalue weighted by Gasteiger charge is 2.23. The summed E-state index contributed by atoms with van der Waals surface area (Å²) in [6.45, 7) is 3.40. The van der Waals surface area contributed by atoms with Gasteiger partial charge >= 0.3 is 0 Å². The summed E-state index contributed by atoms with van der Waals surface area (Å²) in [5.74, 6) is 0.384. The molecule has 0 unspecified atom stereocenters. The lowest BCUT2D eigenvalue weighted by Gasteiger charge is -2.15. The molecule has 0 aliphatic carbocycles. The van der Waals surface area contributed by atoms with Gasteiger partial charge in [0.25, 0.3) is 0 Å². The van der Waals surface area contributed by atoms with E-state index in [4.69, 9.17) is 0 Å². The topological polar surface area (TPSA) is 63.2 Å². The molecule has 0 heterocycles. The Kier molecular flexibility index (Phi) is 6.27. The maximum atomic E-state index is 12.1. The summed E-state index contributed by atoms with van der Waals surface area (Å²) in [5.41, 5.74) is 0. The lowest BCUT2D eigenvalue weighted by atomic mass is 10.1. The molecule has 1 aromatic rings. The molecular weight excluding hydrogens is 282 g/mol. The van der Waals surface area contributed by atoms with Crippen molar-refractivity contribution in [1.82, 2.24) is 4.72 Å². The predicted octanol–water partition coefficient (Wildman–Crippen LogP) is 1.84. The number of carbonyl (C=O) groups is 1. The highest BCUT2D eigenvalue weighted by molar-refractivity contribution is 7.98. The van der Waals surface area contributed by atoms with Gasteiger partial charge in [-0.2, -0.15) is 11.8 Å². The Bertz CT molecular complexity index is 526. The molecule has 0 aromatic heterocycles. The number of ketones is 1. The van der Waals surface area contributed by atoms with Gasteiger partial charge in [-0.1, -0.05) is 24.8 Å². The molecule has 0 saturated carbocycles. The zero-order valence-corrected chi connectivity index (χ0v) is 12.3. The molecule has 0 bridgehead atoms. The van der Waals surface area contributed by atoms with Gasteiger partial charge in [0, 0.05) is 0 Å². The Balaban J connectivity index is 2.89. The first-order valence-corrected chi connectivity index (χ1v) is 8.61. The molecule has 1 aromatic carbocycles. The first kappa shape index (κ1) is 15.9. The zero-order valence-electron chi connectivity index (χ0n) is 10.7. The van der Waals surface area contributed by atoms with Gasteiger partial charge in [-0.15, -0.1) is 0 Å². The van der Waals surface area contributed by atoms with Gasteiger partial charge < -0.3 is 0 Å². The Hall–Kier alpha value is -1.11. The van der Waals surface area contributed by atoms with E-state index in [0.717, 1.165) is 6.08 Å². The van der Waals surface area contributed by atoms with Crippen LogP contribution in [0.3, 0.4) is 0 Å². The number of hydrogen-bond acceptors (Lipinski definition) is 4. The van der Waals surface area contributed by atoms with Crippen molar-refractivity contribution >= 4 is 27.6 Å². The Morgan fingerprint density at radius 3 is 2.58 bits per heavy atom. The zero-order chi connectivity index (χ0) is 14.3. The number of benzene rings is 1. The van der Waals surface area contributed by atoms with Gasteiger partial charge in [-0.05, 0) is 36.6 Å². The fraction of sp³-hybridized carbons (Fsp3) is 0.308. The molecule has 1 N–H and O–H groups in total. The summed E-state index contributed by atoms with van der Waals surface area (Å²) in [6, 6.07) is 7.24. The first-order valence-electron chi connectivity index (χ1n) is 5.74. The molecule has 19 heavy (non-hydrogen) atoms. The summed E-state index contributed by atoms with van der Waals surface area (Å²) in [7, 11) is -3.67. The smallest absolute Gasteiger partial charge is 0.241 e. The normalized spacial score (nSPS) is 12.9. The van der Waals surface area contributed by atoms with Crippen LogP contribution in [0.25, 0.3) is 0 Å². The molecule has 0 aliphatic heterocycles. The van der Waals surface area contributed by atoms with Crippen molar-refractivity contribution in [3.8, 4) is 0 Å². The predicted molar refractivity (Wildman–Crippen MR) is 78.8 cm³/mol. The van der Waals surface area contributed by atoms with Crippen molar-refractivity contribution in [2.75, 3.05) is 12.0 Å². The average Bonchev–Trinajstić information content (AvgIpc) is 2.43. The van der Waals surface area contributed by atoms with Gasteiger partial charge in [-0.3, -0.25) is 4.79 Å². The third-order valence-electron chi connectivity index (χ3n) is 2.51. The minimum atomic E-state index is -3.67. The van der Waals surface area contributed by atoms with Gasteiger partial charge in [0.1, 0.15) is 0 Å². The fourth-order valence-electron chi connectivity index (χ4n) is 1.49. The monoisotopic (exact) mass is 299 g/mol. The number of carbonyl (C=O) groups excluding carboxylic acids is 1. The molecule has 1 atom stereocenters. The van der Waals surface area contributed by atoms with E-state index in [1.54, 1.807) is 30.0 Å². The number of rotatable bonds is 8. The third kappa shape index (κ3) is 4.81. The van der Waals surface area contributed by atoms with Crippen molar-refractivity contribution < 1.29 is 13.2 Å². The molecule has 0 spiro atoms. The number of hydrogen-bond donors (Lipinski definition) is 1. The van der Waals surface area contributed by atoms with Crippen LogP contribution in [0.1, 0.15) is 6.42 Å². The van der Waals surface area contributed by atoms with Crippen LogP contribution >= 0.6 is 11.8 Å². The van der Waals surface area contributed by atoms with E-state index >= 15 is 0 Å². The van der Waals surface area contributed by atoms with Crippen molar-refractivity contribution in [3.05, 3.63) is 43.0 Å². The second kappa shape index (κ2) is 7.47. The number of sulfonamides is 1. The summed E-state index contributed by atoms with van der Waals surface area (Å²) in [6.07, 6.45) is 3.50. The Labute approximate surface area is 118 Å². The first-order chi connectivity index (χ1) is 9.01. The molecule has 0 radical (unpaired) electrons. The van der Waals surface area contributed by atoms with Crippen molar-refractivity contribution in [2.45, 2.75) is 17.4 Å². The van der Waals surface area contributed by atoms with Crippen LogP contribution in [0.5, 0.6) is 0 Å². The fourth-order valence-corrected chi connectivity index (χ4v) is 3.22. The second-order valence-corrected chi connectivity index (χ2v) is 6.57. The van der Waals surface area contributed by atoms with Crippen molar-refractivity contribution in [2.24, 2.45) is 0 Å². The average molecular weight is 299 g/mol. The van der Waals surface area contributed by atoms with Gasteiger partial charge in [0.05, 0.1) is 10.9 Å². The van der Waals surface area contributed by atoms with Crippen LogP contribution in [0.15, 0.2) is 47.9 Å². The van der Waals surface area contributed by atoms with Gasteiger partial charge in [0.2, 0.25) is 10.0 Å². The van der Waals surface area contributed by atoms with Gasteiger partial charge in [0.15, 0.2) is 5.78 Å². The van der Waals surface area contributed by atoms with Crippen LogP contribution in [0.4, 0.5) is 0 Å². The van der Waals surface area contributed by atoms with E-state index in [0.29, 0.717) is 12.2 Å². The van der Waals surface area contributed by atoms with E-state index in [9.17, 15) is 13.2 Å². The SMILES string of the molecule is C=CC(=O)[C@H](CCSC)NS(=O)(=O)c1ccccc1. The standard InChI is InChI=1S/C13H17NO3S2/c1-3-13(15)12(9-10-18-2)14-19(16,17)11-7-5-4-6-8-11/h3-8,12,14H,1,9-10H2,2H3/t12-/m0/s1. The Morgan fingerprint density at radius 2 is 2.05 bits per heavy atom.